The van der Waals surface area contributed by atoms with Gasteiger partial charge in [-0.3, -0.25) is 4.98 Å². The molecule has 1 heterocycles. The lowest BCUT2D eigenvalue weighted by molar-refractivity contribution is 0.474. The number of nitrogens with one attached hydrogen (secondary N) is 1. The molecule has 0 fully saturated rings. The number of rotatable bonds is 4. The Hall–Kier alpha value is -2.42. The van der Waals surface area contributed by atoms with Crippen molar-refractivity contribution in [2.45, 2.75) is 39.5 Å². The van der Waals surface area contributed by atoms with Gasteiger partial charge in [0.1, 0.15) is 5.75 Å². The maximum Gasteiger partial charge on any atom is 0.134 e. The maximum atomic E-state index is 10.7. The molecule has 3 heteroatoms. The van der Waals surface area contributed by atoms with Gasteiger partial charge in [-0.1, -0.05) is 39.8 Å². The third-order valence-corrected chi connectivity index (χ3v) is 3.73. The highest BCUT2D eigenvalue weighted by Gasteiger charge is 2.21. The number of allylic oxidation sites excluding steroid dienone is 2. The van der Waals surface area contributed by atoms with Gasteiger partial charge in [-0.05, 0) is 47.7 Å². The van der Waals surface area contributed by atoms with Crippen LogP contribution in [0, 0.1) is 5.41 Å². The number of hydrogen-bond acceptors (Lipinski definition) is 3. The van der Waals surface area contributed by atoms with Gasteiger partial charge in [0.15, 0.2) is 0 Å². The predicted molar refractivity (Wildman–Crippen MR) is 96.3 cm³/mol. The molecule has 2 rings (SSSR count). The molecule has 0 bridgehead atoms. The summed E-state index contributed by atoms with van der Waals surface area (Å²) in [6.07, 6.45) is 6.23. The van der Waals surface area contributed by atoms with Crippen molar-refractivity contribution in [2.75, 3.05) is 0 Å². The van der Waals surface area contributed by atoms with E-state index in [9.17, 15) is 5.11 Å². The molecule has 3 nitrogen and oxygen atoms in total. The van der Waals surface area contributed by atoms with Crippen molar-refractivity contribution < 1.29 is 5.11 Å². The lowest BCUT2D eigenvalue weighted by Gasteiger charge is -2.22. The molecule has 1 aromatic heterocycles. The zero-order valence-electron chi connectivity index (χ0n) is 14.2. The normalized spacial score (nSPS) is 11.8. The second-order valence-electron chi connectivity index (χ2n) is 6.61. The van der Waals surface area contributed by atoms with Crippen LogP contribution in [0.15, 0.2) is 48.7 Å². The first-order valence-electron chi connectivity index (χ1n) is 7.89. The van der Waals surface area contributed by atoms with Crippen LogP contribution in [0.1, 0.15) is 45.2 Å². The van der Waals surface area contributed by atoms with Crippen LogP contribution in [0.4, 0.5) is 0 Å². The molecular weight excluding hydrogens is 284 g/mol. The van der Waals surface area contributed by atoms with E-state index in [0.29, 0.717) is 22.5 Å². The number of hydrogen-bond donors (Lipinski definition) is 2. The number of phenols is 1. The molecule has 2 N–H and O–H groups in total. The molecule has 0 aliphatic rings. The number of aromatic nitrogens is 1. The summed E-state index contributed by atoms with van der Waals surface area (Å²) in [4.78, 5) is 4.35. The summed E-state index contributed by atoms with van der Waals surface area (Å²) in [5.74, 6) is 0.113. The Bertz CT molecular complexity index is 725. The second kappa shape index (κ2) is 6.78. The number of phenolic OH excluding ortho intramolecular Hbond substituents is 1. The van der Waals surface area contributed by atoms with E-state index >= 15 is 0 Å². The molecule has 23 heavy (non-hydrogen) atoms. The van der Waals surface area contributed by atoms with E-state index in [2.05, 4.69) is 25.8 Å². The van der Waals surface area contributed by atoms with Crippen LogP contribution in [-0.4, -0.2) is 15.8 Å². The SMILES string of the molecule is CC/C=C\C(=N)c1cc(C(C)(C)C)cc(-c2ccccn2)c1O. The summed E-state index contributed by atoms with van der Waals surface area (Å²) < 4.78 is 0. The van der Waals surface area contributed by atoms with Gasteiger partial charge in [0.05, 0.1) is 11.4 Å². The van der Waals surface area contributed by atoms with Crippen LogP contribution in [-0.2, 0) is 5.41 Å². The van der Waals surface area contributed by atoms with Crippen molar-refractivity contribution >= 4 is 5.71 Å². The molecular formula is C20H24N2O. The van der Waals surface area contributed by atoms with E-state index in [1.807, 2.05) is 43.3 Å². The highest BCUT2D eigenvalue weighted by molar-refractivity contribution is 6.09. The Labute approximate surface area is 138 Å². The standard InChI is InChI=1S/C20H24N2O/c1-5-6-9-17(21)15-12-14(20(2,3)4)13-16(19(15)23)18-10-7-8-11-22-18/h6-13,21,23H,5H2,1-4H3/b9-6-,21-17?. The van der Waals surface area contributed by atoms with E-state index in [0.717, 1.165) is 12.0 Å². The third kappa shape index (κ3) is 3.86. The third-order valence-electron chi connectivity index (χ3n) is 3.73. The highest BCUT2D eigenvalue weighted by atomic mass is 16.3. The quantitative estimate of drug-likeness (QED) is 0.773. The summed E-state index contributed by atoms with van der Waals surface area (Å²) in [7, 11) is 0. The number of pyridine rings is 1. The van der Waals surface area contributed by atoms with E-state index in [1.165, 1.54) is 0 Å². The minimum atomic E-state index is -0.0826. The average molecular weight is 308 g/mol. The van der Waals surface area contributed by atoms with Gasteiger partial charge in [-0.2, -0.15) is 0 Å². The molecule has 0 amide bonds. The molecule has 0 saturated heterocycles. The van der Waals surface area contributed by atoms with Crippen molar-refractivity contribution in [1.29, 1.82) is 5.41 Å². The summed E-state index contributed by atoms with van der Waals surface area (Å²) in [5.41, 5.74) is 3.23. The molecule has 0 atom stereocenters. The van der Waals surface area contributed by atoms with Gasteiger partial charge in [0, 0.05) is 17.3 Å². The molecule has 2 aromatic rings. The second-order valence-corrected chi connectivity index (χ2v) is 6.61. The number of benzene rings is 1. The van der Waals surface area contributed by atoms with Crippen LogP contribution >= 0.6 is 0 Å². The van der Waals surface area contributed by atoms with Crippen molar-refractivity contribution in [3.05, 3.63) is 59.8 Å². The maximum absolute atomic E-state index is 10.7. The van der Waals surface area contributed by atoms with Crippen LogP contribution in [0.2, 0.25) is 0 Å². The molecule has 120 valence electrons. The molecule has 0 aliphatic heterocycles. The summed E-state index contributed by atoms with van der Waals surface area (Å²) in [6, 6.07) is 9.49. The summed E-state index contributed by atoms with van der Waals surface area (Å²) in [6.45, 7) is 8.39. The molecule has 1 aromatic carbocycles. The van der Waals surface area contributed by atoms with Gasteiger partial charge < -0.3 is 10.5 Å². The zero-order chi connectivity index (χ0) is 17.0. The monoisotopic (exact) mass is 308 g/mol. The van der Waals surface area contributed by atoms with Crippen molar-refractivity contribution in [3.8, 4) is 17.0 Å². The number of nitrogens with zero attached hydrogens (tertiary/aromatic N) is 1. The Balaban J connectivity index is 2.67. The average Bonchev–Trinajstić information content (AvgIpc) is 2.52. The van der Waals surface area contributed by atoms with Crippen molar-refractivity contribution in [3.63, 3.8) is 0 Å². The van der Waals surface area contributed by atoms with E-state index in [4.69, 9.17) is 5.41 Å². The largest absolute Gasteiger partial charge is 0.507 e. The number of aromatic hydroxyl groups is 1. The molecule has 0 radical (unpaired) electrons. The zero-order valence-corrected chi connectivity index (χ0v) is 14.2. The van der Waals surface area contributed by atoms with Crippen LogP contribution in [0.3, 0.4) is 0 Å². The van der Waals surface area contributed by atoms with E-state index in [1.54, 1.807) is 12.3 Å². The minimum Gasteiger partial charge on any atom is -0.507 e. The van der Waals surface area contributed by atoms with Gasteiger partial charge in [0.25, 0.3) is 0 Å². The van der Waals surface area contributed by atoms with Crippen molar-refractivity contribution in [2.24, 2.45) is 0 Å². The molecule has 0 unspecified atom stereocenters. The van der Waals surface area contributed by atoms with Gasteiger partial charge in [0.2, 0.25) is 0 Å². The first-order valence-corrected chi connectivity index (χ1v) is 7.89. The van der Waals surface area contributed by atoms with Gasteiger partial charge >= 0.3 is 0 Å². The Morgan fingerprint density at radius 1 is 1.26 bits per heavy atom. The Kier molecular flexibility index (Phi) is 4.99. The molecule has 0 aliphatic carbocycles. The Morgan fingerprint density at radius 3 is 2.57 bits per heavy atom. The fourth-order valence-corrected chi connectivity index (χ4v) is 2.32. The van der Waals surface area contributed by atoms with Crippen LogP contribution < -0.4 is 0 Å². The smallest absolute Gasteiger partial charge is 0.134 e. The first-order chi connectivity index (χ1) is 10.8. The summed E-state index contributed by atoms with van der Waals surface area (Å²) >= 11 is 0. The predicted octanol–water partition coefficient (Wildman–Crippen LogP) is 5.09. The van der Waals surface area contributed by atoms with Crippen LogP contribution in [0.5, 0.6) is 5.75 Å². The Morgan fingerprint density at radius 2 is 2.00 bits per heavy atom. The first kappa shape index (κ1) is 16.9. The highest BCUT2D eigenvalue weighted by Crippen LogP contribution is 2.36. The topological polar surface area (TPSA) is 57.0 Å². The minimum absolute atomic E-state index is 0.0826. The lowest BCUT2D eigenvalue weighted by atomic mass is 9.83. The van der Waals surface area contributed by atoms with Gasteiger partial charge in [-0.15, -0.1) is 0 Å². The lowest BCUT2D eigenvalue weighted by Crippen LogP contribution is -2.13. The van der Waals surface area contributed by atoms with E-state index in [-0.39, 0.29) is 11.2 Å². The van der Waals surface area contributed by atoms with Gasteiger partial charge in [-0.25, -0.2) is 0 Å². The fourth-order valence-electron chi connectivity index (χ4n) is 2.32. The molecule has 0 saturated carbocycles. The fraction of sp³-hybridized carbons (Fsp3) is 0.300. The molecule has 0 spiro atoms. The summed E-state index contributed by atoms with van der Waals surface area (Å²) in [5, 5.41) is 19.0. The van der Waals surface area contributed by atoms with E-state index < -0.39 is 0 Å². The van der Waals surface area contributed by atoms with Crippen molar-refractivity contribution in [1.82, 2.24) is 4.98 Å². The van der Waals surface area contributed by atoms with Crippen LogP contribution in [0.25, 0.3) is 11.3 Å².